The number of rotatable bonds is 3. The monoisotopic (exact) mass is 356 g/mol. The molecule has 5 nitrogen and oxygen atoms in total. The van der Waals surface area contributed by atoms with Crippen molar-refractivity contribution in [3.05, 3.63) is 48.3 Å². The second-order valence-electron chi connectivity index (χ2n) is 6.56. The van der Waals surface area contributed by atoms with Crippen molar-refractivity contribution in [1.82, 2.24) is 0 Å². The van der Waals surface area contributed by atoms with Crippen molar-refractivity contribution in [3.63, 3.8) is 0 Å². The summed E-state index contributed by atoms with van der Waals surface area (Å²) < 4.78 is 24.9. The molecule has 2 heterocycles. The zero-order chi connectivity index (χ0) is 17.9. The van der Waals surface area contributed by atoms with Crippen molar-refractivity contribution < 1.29 is 18.7 Å². The van der Waals surface area contributed by atoms with Crippen LogP contribution in [0.3, 0.4) is 0 Å². The molecule has 2 aliphatic rings. The second kappa shape index (κ2) is 7.23. The predicted molar refractivity (Wildman–Crippen MR) is 97.4 cm³/mol. The number of hydrogen-bond donors (Lipinski definition) is 1. The van der Waals surface area contributed by atoms with Crippen molar-refractivity contribution in [3.8, 4) is 11.5 Å². The first-order chi connectivity index (χ1) is 12.7. The second-order valence-corrected chi connectivity index (χ2v) is 6.56. The minimum Gasteiger partial charge on any atom is -0.486 e. The Morgan fingerprint density at radius 1 is 1.04 bits per heavy atom. The van der Waals surface area contributed by atoms with Gasteiger partial charge in [0.05, 0.1) is 5.69 Å². The summed E-state index contributed by atoms with van der Waals surface area (Å²) in [7, 11) is 0. The highest BCUT2D eigenvalue weighted by molar-refractivity contribution is 5.93. The number of fused-ring (bicyclic) bond motifs is 1. The van der Waals surface area contributed by atoms with E-state index >= 15 is 0 Å². The summed E-state index contributed by atoms with van der Waals surface area (Å²) in [5, 5.41) is 2.96. The summed E-state index contributed by atoms with van der Waals surface area (Å²) in [5.74, 6) is 1.06. The molecule has 0 spiro atoms. The number of amides is 1. The Bertz CT molecular complexity index is 803. The van der Waals surface area contributed by atoms with E-state index in [1.807, 2.05) is 23.1 Å². The molecule has 0 aliphatic carbocycles. The minimum atomic E-state index is -0.216. The molecule has 0 unspecified atom stereocenters. The maximum Gasteiger partial charge on any atom is 0.227 e. The van der Waals surface area contributed by atoms with Crippen LogP contribution in [0.5, 0.6) is 11.5 Å². The van der Waals surface area contributed by atoms with Gasteiger partial charge in [0.15, 0.2) is 11.5 Å². The number of nitrogens with zero attached hydrogens (tertiary/aromatic N) is 1. The van der Waals surface area contributed by atoms with Gasteiger partial charge in [-0.2, -0.15) is 0 Å². The maximum atomic E-state index is 13.9. The number of carbonyl (C=O) groups is 1. The molecule has 1 N–H and O–H groups in total. The quantitative estimate of drug-likeness (QED) is 0.915. The van der Waals surface area contributed by atoms with Crippen LogP contribution in [-0.2, 0) is 4.79 Å². The fraction of sp³-hybridized carbons (Fsp3) is 0.350. The van der Waals surface area contributed by atoms with E-state index in [0.717, 1.165) is 0 Å². The van der Waals surface area contributed by atoms with Crippen LogP contribution in [0.4, 0.5) is 15.8 Å². The van der Waals surface area contributed by atoms with Crippen molar-refractivity contribution in [2.24, 2.45) is 5.92 Å². The van der Waals surface area contributed by atoms with E-state index in [1.165, 1.54) is 6.07 Å². The van der Waals surface area contributed by atoms with E-state index in [2.05, 4.69) is 5.32 Å². The lowest BCUT2D eigenvalue weighted by molar-refractivity contribution is -0.120. The Morgan fingerprint density at radius 3 is 2.54 bits per heavy atom. The van der Waals surface area contributed by atoms with E-state index < -0.39 is 0 Å². The molecular weight excluding hydrogens is 335 g/mol. The Balaban J connectivity index is 1.36. The van der Waals surface area contributed by atoms with E-state index in [9.17, 15) is 9.18 Å². The molecule has 26 heavy (non-hydrogen) atoms. The number of nitrogens with one attached hydrogen (secondary N) is 1. The molecule has 6 heteroatoms. The van der Waals surface area contributed by atoms with Crippen molar-refractivity contribution >= 4 is 17.3 Å². The maximum absolute atomic E-state index is 13.9. The predicted octanol–water partition coefficient (Wildman–Crippen LogP) is 3.45. The third-order valence-electron chi connectivity index (χ3n) is 4.87. The van der Waals surface area contributed by atoms with Gasteiger partial charge >= 0.3 is 0 Å². The van der Waals surface area contributed by atoms with Gasteiger partial charge in [0.2, 0.25) is 5.91 Å². The molecular formula is C20H21FN2O3. The SMILES string of the molecule is O=C(Nc1ccc2c(c1)OCCO2)C1CCN(c2ccccc2F)CC1. The largest absolute Gasteiger partial charge is 0.486 e. The third-order valence-corrected chi connectivity index (χ3v) is 4.87. The van der Waals surface area contributed by atoms with Crippen LogP contribution in [0, 0.1) is 11.7 Å². The Morgan fingerprint density at radius 2 is 1.77 bits per heavy atom. The number of piperidine rings is 1. The Hall–Kier alpha value is -2.76. The van der Waals surface area contributed by atoms with Crippen molar-refractivity contribution in [2.75, 3.05) is 36.5 Å². The van der Waals surface area contributed by atoms with Crippen molar-refractivity contribution in [1.29, 1.82) is 0 Å². The lowest BCUT2D eigenvalue weighted by atomic mass is 9.95. The topological polar surface area (TPSA) is 50.8 Å². The van der Waals surface area contributed by atoms with Crippen LogP contribution < -0.4 is 19.7 Å². The summed E-state index contributed by atoms with van der Waals surface area (Å²) >= 11 is 0. The molecule has 0 bridgehead atoms. The molecule has 2 aromatic carbocycles. The molecule has 2 aliphatic heterocycles. The highest BCUT2D eigenvalue weighted by Crippen LogP contribution is 2.33. The first kappa shape index (κ1) is 16.7. The molecule has 0 atom stereocenters. The molecule has 4 rings (SSSR count). The lowest BCUT2D eigenvalue weighted by Gasteiger charge is -2.33. The van der Waals surface area contributed by atoms with Gasteiger partial charge in [-0.1, -0.05) is 12.1 Å². The van der Waals surface area contributed by atoms with Gasteiger partial charge in [0.1, 0.15) is 19.0 Å². The number of benzene rings is 2. The number of para-hydroxylation sites is 1. The van der Waals surface area contributed by atoms with Gasteiger partial charge in [-0.05, 0) is 37.1 Å². The van der Waals surface area contributed by atoms with Crippen molar-refractivity contribution in [2.45, 2.75) is 12.8 Å². The number of ether oxygens (including phenoxy) is 2. The Labute approximate surface area is 151 Å². The molecule has 1 fully saturated rings. The zero-order valence-electron chi connectivity index (χ0n) is 14.4. The number of anilines is 2. The van der Waals surface area contributed by atoms with Gasteiger partial charge in [0.25, 0.3) is 0 Å². The number of hydrogen-bond acceptors (Lipinski definition) is 4. The van der Waals surface area contributed by atoms with Crippen LogP contribution in [0.1, 0.15) is 12.8 Å². The van der Waals surface area contributed by atoms with Crippen LogP contribution >= 0.6 is 0 Å². The Kier molecular flexibility index (Phi) is 4.65. The van der Waals surface area contributed by atoms with Gasteiger partial charge in [0, 0.05) is 30.8 Å². The van der Waals surface area contributed by atoms with Crippen LogP contribution in [0.25, 0.3) is 0 Å². The first-order valence-electron chi connectivity index (χ1n) is 8.91. The van der Waals surface area contributed by atoms with Crippen LogP contribution in [0.15, 0.2) is 42.5 Å². The summed E-state index contributed by atoms with van der Waals surface area (Å²) in [6.45, 7) is 2.39. The minimum absolute atomic E-state index is 0.00476. The molecule has 136 valence electrons. The summed E-state index contributed by atoms with van der Waals surface area (Å²) in [6.07, 6.45) is 1.40. The summed E-state index contributed by atoms with van der Waals surface area (Å²) in [6, 6.07) is 12.2. The summed E-state index contributed by atoms with van der Waals surface area (Å²) in [5.41, 5.74) is 1.31. The van der Waals surface area contributed by atoms with Gasteiger partial charge in [-0.3, -0.25) is 4.79 Å². The highest BCUT2D eigenvalue weighted by atomic mass is 19.1. The fourth-order valence-electron chi connectivity index (χ4n) is 3.46. The fourth-order valence-corrected chi connectivity index (χ4v) is 3.46. The molecule has 1 saturated heterocycles. The average Bonchev–Trinajstić information content (AvgIpc) is 2.68. The normalized spacial score (nSPS) is 17.0. The van der Waals surface area contributed by atoms with E-state index in [4.69, 9.17) is 9.47 Å². The van der Waals surface area contributed by atoms with Gasteiger partial charge in [-0.25, -0.2) is 4.39 Å². The number of halogens is 1. The highest BCUT2D eigenvalue weighted by Gasteiger charge is 2.26. The van der Waals surface area contributed by atoms with E-state index in [1.54, 1.807) is 18.2 Å². The van der Waals surface area contributed by atoms with Gasteiger partial charge < -0.3 is 19.7 Å². The standard InChI is InChI=1S/C20H21FN2O3/c21-16-3-1-2-4-17(16)23-9-7-14(8-10-23)20(24)22-15-5-6-18-19(13-15)26-12-11-25-18/h1-6,13-14H,7-12H2,(H,22,24). The molecule has 0 saturated carbocycles. The molecule has 2 aromatic rings. The zero-order valence-corrected chi connectivity index (χ0v) is 14.4. The molecule has 0 radical (unpaired) electrons. The first-order valence-corrected chi connectivity index (χ1v) is 8.91. The lowest BCUT2D eigenvalue weighted by Crippen LogP contribution is -2.38. The van der Waals surface area contributed by atoms with E-state index in [0.29, 0.717) is 62.0 Å². The van der Waals surface area contributed by atoms with Gasteiger partial charge in [-0.15, -0.1) is 0 Å². The third kappa shape index (κ3) is 3.45. The smallest absolute Gasteiger partial charge is 0.227 e. The molecule has 1 amide bonds. The number of carbonyl (C=O) groups excluding carboxylic acids is 1. The van der Waals surface area contributed by atoms with E-state index in [-0.39, 0.29) is 17.6 Å². The summed E-state index contributed by atoms with van der Waals surface area (Å²) in [4.78, 5) is 14.6. The molecule has 0 aromatic heterocycles. The average molecular weight is 356 g/mol. The van der Waals surface area contributed by atoms with Crippen LogP contribution in [0.2, 0.25) is 0 Å². The van der Waals surface area contributed by atoms with Crippen LogP contribution in [-0.4, -0.2) is 32.2 Å².